The molecule has 5 nitrogen and oxygen atoms in total. The maximum atomic E-state index is 13.6. The molecule has 1 aromatic rings. The normalized spacial score (nSPS) is 15.9. The molecule has 0 radical (unpaired) electrons. The highest BCUT2D eigenvalue weighted by molar-refractivity contribution is 5.85. The number of rotatable bonds is 6. The van der Waals surface area contributed by atoms with Crippen LogP contribution in [0.15, 0.2) is 24.3 Å². The standard InChI is InChI=1S/C17H24FN3O2.ClH/c18-14-6-4-5-13(9-14)17(7-2-1-3-8-17)12-21-16(23)11-20-15(22)10-19;/h4-6,9H,1-3,7-8,10-12,19H2,(H,20,22)(H,21,23);1H. The van der Waals surface area contributed by atoms with Crippen LogP contribution in [0.4, 0.5) is 4.39 Å². The fourth-order valence-corrected chi connectivity index (χ4v) is 3.20. The summed E-state index contributed by atoms with van der Waals surface area (Å²) in [4.78, 5) is 23.0. The van der Waals surface area contributed by atoms with Crippen molar-refractivity contribution in [2.45, 2.75) is 37.5 Å². The second-order valence-corrected chi connectivity index (χ2v) is 6.11. The van der Waals surface area contributed by atoms with Gasteiger partial charge in [0.25, 0.3) is 0 Å². The molecule has 1 aliphatic carbocycles. The summed E-state index contributed by atoms with van der Waals surface area (Å²) in [5.74, 6) is -0.875. The molecule has 0 heterocycles. The highest BCUT2D eigenvalue weighted by Gasteiger charge is 2.34. The third-order valence-corrected chi connectivity index (χ3v) is 4.50. The fourth-order valence-electron chi connectivity index (χ4n) is 3.20. The van der Waals surface area contributed by atoms with E-state index in [-0.39, 0.29) is 48.5 Å². The number of benzene rings is 1. The van der Waals surface area contributed by atoms with Gasteiger partial charge < -0.3 is 16.4 Å². The zero-order chi connectivity index (χ0) is 16.7. The zero-order valence-corrected chi connectivity index (χ0v) is 14.5. The van der Waals surface area contributed by atoms with Crippen LogP contribution in [-0.4, -0.2) is 31.4 Å². The molecule has 0 unspecified atom stereocenters. The van der Waals surface area contributed by atoms with Gasteiger partial charge in [-0.3, -0.25) is 9.59 Å². The van der Waals surface area contributed by atoms with E-state index < -0.39 is 0 Å². The fraction of sp³-hybridized carbons (Fsp3) is 0.529. The Labute approximate surface area is 148 Å². The molecule has 1 fully saturated rings. The number of nitrogens with two attached hydrogens (primary N) is 1. The summed E-state index contributed by atoms with van der Waals surface area (Å²) in [5, 5.41) is 5.32. The van der Waals surface area contributed by atoms with Crippen LogP contribution in [0.1, 0.15) is 37.7 Å². The lowest BCUT2D eigenvalue weighted by Crippen LogP contribution is -2.46. The minimum Gasteiger partial charge on any atom is -0.354 e. The van der Waals surface area contributed by atoms with Crippen molar-refractivity contribution in [1.82, 2.24) is 10.6 Å². The Kier molecular flexibility index (Phi) is 8.15. The van der Waals surface area contributed by atoms with Gasteiger partial charge in [0.15, 0.2) is 0 Å². The van der Waals surface area contributed by atoms with Gasteiger partial charge in [0.2, 0.25) is 11.8 Å². The first kappa shape index (κ1) is 20.4. The van der Waals surface area contributed by atoms with Crippen molar-refractivity contribution in [2.24, 2.45) is 5.73 Å². The van der Waals surface area contributed by atoms with Gasteiger partial charge in [0.05, 0.1) is 13.1 Å². The number of hydrogen-bond acceptors (Lipinski definition) is 3. The lowest BCUT2D eigenvalue weighted by Gasteiger charge is -2.38. The Morgan fingerprint density at radius 1 is 1.12 bits per heavy atom. The van der Waals surface area contributed by atoms with Gasteiger partial charge in [-0.15, -0.1) is 12.4 Å². The van der Waals surface area contributed by atoms with Crippen molar-refractivity contribution in [2.75, 3.05) is 19.6 Å². The molecular formula is C17H25ClFN3O2. The number of carbonyl (C=O) groups excluding carboxylic acids is 2. The Morgan fingerprint density at radius 2 is 1.83 bits per heavy atom. The quantitative estimate of drug-likeness (QED) is 0.723. The number of halogens is 2. The number of hydrogen-bond donors (Lipinski definition) is 3. The Morgan fingerprint density at radius 3 is 2.46 bits per heavy atom. The molecule has 1 aromatic carbocycles. The second-order valence-electron chi connectivity index (χ2n) is 6.11. The summed E-state index contributed by atoms with van der Waals surface area (Å²) in [6.07, 6.45) is 5.14. The minimum absolute atomic E-state index is 0. The van der Waals surface area contributed by atoms with Gasteiger partial charge in [-0.05, 0) is 30.5 Å². The van der Waals surface area contributed by atoms with E-state index in [1.807, 2.05) is 6.07 Å². The summed E-state index contributed by atoms with van der Waals surface area (Å²) in [6, 6.07) is 6.63. The van der Waals surface area contributed by atoms with Gasteiger partial charge >= 0.3 is 0 Å². The van der Waals surface area contributed by atoms with Crippen molar-refractivity contribution >= 4 is 24.2 Å². The van der Waals surface area contributed by atoms with E-state index in [4.69, 9.17) is 5.73 Å². The molecular weight excluding hydrogens is 333 g/mol. The molecule has 0 spiro atoms. The monoisotopic (exact) mass is 357 g/mol. The average Bonchev–Trinajstić information content (AvgIpc) is 2.58. The van der Waals surface area contributed by atoms with Crippen LogP contribution >= 0.6 is 12.4 Å². The zero-order valence-electron chi connectivity index (χ0n) is 13.6. The second kappa shape index (κ2) is 9.59. The number of carbonyl (C=O) groups is 2. The van der Waals surface area contributed by atoms with E-state index in [9.17, 15) is 14.0 Å². The summed E-state index contributed by atoms with van der Waals surface area (Å²) < 4.78 is 13.6. The number of nitrogens with one attached hydrogen (secondary N) is 2. The van der Waals surface area contributed by atoms with E-state index in [0.29, 0.717) is 6.54 Å². The molecule has 0 aromatic heterocycles. The van der Waals surface area contributed by atoms with E-state index >= 15 is 0 Å². The molecule has 1 aliphatic rings. The topological polar surface area (TPSA) is 84.2 Å². The van der Waals surface area contributed by atoms with E-state index in [2.05, 4.69) is 10.6 Å². The molecule has 7 heteroatoms. The summed E-state index contributed by atoms with van der Waals surface area (Å²) in [6.45, 7) is 0.226. The van der Waals surface area contributed by atoms with Crippen molar-refractivity contribution in [1.29, 1.82) is 0 Å². The van der Waals surface area contributed by atoms with Gasteiger partial charge in [-0.1, -0.05) is 31.4 Å². The van der Waals surface area contributed by atoms with Crippen molar-refractivity contribution in [3.63, 3.8) is 0 Å². The Hall–Kier alpha value is -1.66. The van der Waals surface area contributed by atoms with Crippen molar-refractivity contribution in [3.05, 3.63) is 35.6 Å². The Bertz CT molecular complexity index is 563. The van der Waals surface area contributed by atoms with Crippen LogP contribution in [0, 0.1) is 5.82 Å². The minimum atomic E-state index is -0.363. The van der Waals surface area contributed by atoms with Crippen LogP contribution in [0.25, 0.3) is 0 Å². The molecule has 4 N–H and O–H groups in total. The molecule has 0 aliphatic heterocycles. The van der Waals surface area contributed by atoms with Gasteiger partial charge in [0, 0.05) is 12.0 Å². The van der Waals surface area contributed by atoms with Crippen molar-refractivity contribution in [3.8, 4) is 0 Å². The first-order valence-electron chi connectivity index (χ1n) is 8.05. The van der Waals surface area contributed by atoms with Crippen LogP contribution in [-0.2, 0) is 15.0 Å². The first-order chi connectivity index (χ1) is 11.1. The maximum Gasteiger partial charge on any atom is 0.239 e. The molecule has 24 heavy (non-hydrogen) atoms. The third kappa shape index (κ3) is 5.46. The molecule has 2 rings (SSSR count). The average molecular weight is 358 g/mol. The lowest BCUT2D eigenvalue weighted by molar-refractivity contribution is -0.125. The molecule has 1 saturated carbocycles. The molecule has 0 saturated heterocycles. The molecule has 134 valence electrons. The largest absolute Gasteiger partial charge is 0.354 e. The summed E-state index contributed by atoms with van der Waals surface area (Å²) >= 11 is 0. The van der Waals surface area contributed by atoms with Crippen LogP contribution < -0.4 is 16.4 Å². The predicted octanol–water partition coefficient (Wildman–Crippen LogP) is 1.64. The first-order valence-corrected chi connectivity index (χ1v) is 8.05. The predicted molar refractivity (Wildman–Crippen MR) is 93.5 cm³/mol. The highest BCUT2D eigenvalue weighted by Crippen LogP contribution is 2.39. The van der Waals surface area contributed by atoms with Crippen LogP contribution in [0.2, 0.25) is 0 Å². The van der Waals surface area contributed by atoms with E-state index in [1.54, 1.807) is 12.1 Å². The van der Waals surface area contributed by atoms with Crippen LogP contribution in [0.3, 0.4) is 0 Å². The SMILES string of the molecule is Cl.NCC(=O)NCC(=O)NCC1(c2cccc(F)c2)CCCCC1. The third-order valence-electron chi connectivity index (χ3n) is 4.50. The van der Waals surface area contributed by atoms with Gasteiger partial charge in [-0.25, -0.2) is 4.39 Å². The highest BCUT2D eigenvalue weighted by atomic mass is 35.5. The van der Waals surface area contributed by atoms with Crippen molar-refractivity contribution < 1.29 is 14.0 Å². The molecule has 2 amide bonds. The van der Waals surface area contributed by atoms with E-state index in [1.165, 1.54) is 6.07 Å². The van der Waals surface area contributed by atoms with Gasteiger partial charge in [0.1, 0.15) is 5.82 Å². The summed E-state index contributed by atoms with van der Waals surface area (Å²) in [5.41, 5.74) is 5.89. The maximum absolute atomic E-state index is 13.6. The smallest absolute Gasteiger partial charge is 0.239 e. The summed E-state index contributed by atoms with van der Waals surface area (Å²) in [7, 11) is 0. The Balaban J connectivity index is 0.00000288. The molecule has 0 atom stereocenters. The molecule has 0 bridgehead atoms. The van der Waals surface area contributed by atoms with Gasteiger partial charge in [-0.2, -0.15) is 0 Å². The lowest BCUT2D eigenvalue weighted by atomic mass is 9.69. The van der Waals surface area contributed by atoms with Crippen LogP contribution in [0.5, 0.6) is 0 Å². The van der Waals surface area contributed by atoms with E-state index in [0.717, 1.165) is 37.7 Å². The number of amides is 2.